The van der Waals surface area contributed by atoms with E-state index in [1.165, 1.54) is 0 Å². The summed E-state index contributed by atoms with van der Waals surface area (Å²) in [6.07, 6.45) is 2.83. The first-order valence-corrected chi connectivity index (χ1v) is 16.7. The number of rotatable bonds is 14. The summed E-state index contributed by atoms with van der Waals surface area (Å²) in [4.78, 5) is 48.6. The maximum absolute atomic E-state index is 14.6. The highest BCUT2D eigenvalue weighted by atomic mass is 16.2. The van der Waals surface area contributed by atoms with Gasteiger partial charge >= 0.3 is 0 Å². The van der Waals surface area contributed by atoms with Crippen molar-refractivity contribution in [3.8, 4) is 0 Å². The zero-order chi connectivity index (χ0) is 33.3. The van der Waals surface area contributed by atoms with Gasteiger partial charge in [0.15, 0.2) is 5.78 Å². The first kappa shape index (κ1) is 34.0. The molecule has 0 radical (unpaired) electrons. The summed E-state index contributed by atoms with van der Waals surface area (Å²) in [5, 5.41) is 5.35. The smallest absolute Gasteiger partial charge is 0.254 e. The number of hydrogen-bond acceptors (Lipinski definition) is 5. The molecule has 1 heterocycles. The van der Waals surface area contributed by atoms with Crippen LogP contribution < -0.4 is 5.32 Å². The van der Waals surface area contributed by atoms with Crippen LogP contribution in [0.3, 0.4) is 0 Å². The molecule has 0 saturated carbocycles. The third-order valence-corrected chi connectivity index (χ3v) is 9.32. The summed E-state index contributed by atoms with van der Waals surface area (Å²) < 4.78 is 0. The van der Waals surface area contributed by atoms with E-state index in [1.54, 1.807) is 18.0 Å². The van der Waals surface area contributed by atoms with Gasteiger partial charge in [0.2, 0.25) is 5.91 Å². The Hall–Kier alpha value is -4.33. The Morgan fingerprint density at radius 1 is 0.809 bits per heavy atom. The first-order valence-electron chi connectivity index (χ1n) is 16.7. The van der Waals surface area contributed by atoms with E-state index in [0.717, 1.165) is 46.8 Å². The van der Waals surface area contributed by atoms with E-state index < -0.39 is 12.0 Å². The monoisotopic (exact) mass is 632 g/mol. The summed E-state index contributed by atoms with van der Waals surface area (Å²) >= 11 is 0. The quantitative estimate of drug-likeness (QED) is 0.196. The third-order valence-electron chi connectivity index (χ3n) is 9.32. The summed E-state index contributed by atoms with van der Waals surface area (Å²) in [5.41, 5.74) is 3.54. The maximum Gasteiger partial charge on any atom is 0.254 e. The van der Waals surface area contributed by atoms with Gasteiger partial charge in [-0.15, -0.1) is 0 Å². The molecule has 1 fully saturated rings. The zero-order valence-electron chi connectivity index (χ0n) is 28.2. The average molecular weight is 633 g/mol. The lowest BCUT2D eigenvalue weighted by molar-refractivity contribution is -0.139. The first-order chi connectivity index (χ1) is 22.7. The van der Waals surface area contributed by atoms with Crippen LogP contribution in [-0.2, 0) is 29.0 Å². The number of hydrogen-bond donors (Lipinski definition) is 1. The van der Waals surface area contributed by atoms with Crippen LogP contribution >= 0.6 is 0 Å². The largest absolute Gasteiger partial charge is 0.338 e. The highest BCUT2D eigenvalue weighted by Gasteiger charge is 2.37. The van der Waals surface area contributed by atoms with Crippen LogP contribution in [0.4, 0.5) is 0 Å². The van der Waals surface area contributed by atoms with Gasteiger partial charge in [0.25, 0.3) is 5.91 Å². The number of nitrogens with one attached hydrogen (secondary N) is 1. The molecule has 3 atom stereocenters. The van der Waals surface area contributed by atoms with E-state index in [1.807, 2.05) is 92.8 Å². The van der Waals surface area contributed by atoms with E-state index >= 15 is 0 Å². The second kappa shape index (κ2) is 16.0. The van der Waals surface area contributed by atoms with E-state index in [9.17, 15) is 14.4 Å². The van der Waals surface area contributed by atoms with E-state index in [0.29, 0.717) is 31.5 Å². The standard InChI is InChI=1S/C40H48N4O3/c1-41-27-31-14-10-17-34(24-31)39(46)43(4)37(25-30-19-20-32-15-8-9-16-33(32)23-30)38(45)26-35(22-29-12-6-5-7-13-29)40(47)44-21-11-18-36(44)28-42(2)3/h5-10,12-17,19-20,23-24,35-37,41H,11,18,21-22,25-28H2,1-4H3/t35-,36+,37-/m1/s1. The van der Waals surface area contributed by atoms with Crippen molar-refractivity contribution in [3.63, 3.8) is 0 Å². The molecule has 1 aliphatic rings. The number of fused-ring (bicyclic) bond motifs is 1. The Labute approximate surface area is 279 Å². The van der Waals surface area contributed by atoms with Gasteiger partial charge in [-0.1, -0.05) is 84.9 Å². The second-order valence-electron chi connectivity index (χ2n) is 13.2. The normalized spacial score (nSPS) is 15.9. The summed E-state index contributed by atoms with van der Waals surface area (Å²) in [6, 6.07) is 31.2. The molecule has 47 heavy (non-hydrogen) atoms. The third kappa shape index (κ3) is 8.73. The average Bonchev–Trinajstić information content (AvgIpc) is 3.54. The van der Waals surface area contributed by atoms with Crippen molar-refractivity contribution in [2.45, 2.75) is 50.7 Å². The van der Waals surface area contributed by atoms with Crippen molar-refractivity contribution in [3.05, 3.63) is 119 Å². The van der Waals surface area contributed by atoms with Crippen LogP contribution in [0.25, 0.3) is 10.8 Å². The Bertz CT molecular complexity index is 1670. The molecule has 1 saturated heterocycles. The minimum atomic E-state index is -0.737. The van der Waals surface area contributed by atoms with Crippen LogP contribution in [-0.4, -0.2) is 85.7 Å². The number of Topliss-reactive ketones (excluding diaryl/α,β-unsaturated/α-hetero) is 1. The van der Waals surface area contributed by atoms with E-state index in [-0.39, 0.29) is 30.1 Å². The van der Waals surface area contributed by atoms with Crippen molar-refractivity contribution < 1.29 is 14.4 Å². The van der Waals surface area contributed by atoms with Gasteiger partial charge in [-0.2, -0.15) is 0 Å². The second-order valence-corrected chi connectivity index (χ2v) is 13.2. The number of amides is 2. The predicted octanol–water partition coefficient (Wildman–Crippen LogP) is 5.61. The Morgan fingerprint density at radius 3 is 2.28 bits per heavy atom. The molecule has 7 heteroatoms. The molecule has 5 rings (SSSR count). The highest BCUT2D eigenvalue weighted by Crippen LogP contribution is 2.26. The lowest BCUT2D eigenvalue weighted by atomic mass is 9.88. The van der Waals surface area contributed by atoms with Crippen molar-refractivity contribution in [2.24, 2.45) is 5.92 Å². The Kier molecular flexibility index (Phi) is 11.6. The molecule has 0 bridgehead atoms. The summed E-state index contributed by atoms with van der Waals surface area (Å²) in [6.45, 7) is 2.14. The van der Waals surface area contributed by atoms with E-state index in [2.05, 4.69) is 34.5 Å². The van der Waals surface area contributed by atoms with Crippen molar-refractivity contribution in [2.75, 3.05) is 41.3 Å². The van der Waals surface area contributed by atoms with Crippen molar-refractivity contribution in [1.82, 2.24) is 20.0 Å². The van der Waals surface area contributed by atoms with Crippen LogP contribution in [0.2, 0.25) is 0 Å². The number of ketones is 1. The fraction of sp³-hybridized carbons (Fsp3) is 0.375. The number of nitrogens with zero attached hydrogens (tertiary/aromatic N) is 3. The van der Waals surface area contributed by atoms with Gasteiger partial charge in [-0.25, -0.2) is 0 Å². The van der Waals surface area contributed by atoms with Gasteiger partial charge in [0.05, 0.1) is 6.04 Å². The molecule has 7 nitrogen and oxygen atoms in total. The van der Waals surface area contributed by atoms with Crippen LogP contribution in [0, 0.1) is 5.92 Å². The summed E-state index contributed by atoms with van der Waals surface area (Å²) in [7, 11) is 7.66. The minimum Gasteiger partial charge on any atom is -0.338 e. The van der Waals surface area contributed by atoms with E-state index in [4.69, 9.17) is 0 Å². The zero-order valence-corrected chi connectivity index (χ0v) is 28.2. The van der Waals surface area contributed by atoms with Gasteiger partial charge in [-0.3, -0.25) is 14.4 Å². The topological polar surface area (TPSA) is 73.0 Å². The molecule has 0 aliphatic carbocycles. The molecule has 0 unspecified atom stereocenters. The molecule has 0 aromatic heterocycles. The number of benzene rings is 4. The molecular weight excluding hydrogens is 584 g/mol. The molecule has 1 N–H and O–H groups in total. The maximum atomic E-state index is 14.6. The van der Waals surface area contributed by atoms with Gasteiger partial charge in [0.1, 0.15) is 0 Å². The molecule has 4 aromatic rings. The van der Waals surface area contributed by atoms with Crippen molar-refractivity contribution >= 4 is 28.4 Å². The fourth-order valence-electron chi connectivity index (χ4n) is 6.92. The minimum absolute atomic E-state index is 0.0322. The number of likely N-dealkylation sites (N-methyl/N-ethyl adjacent to an activating group) is 2. The molecule has 246 valence electrons. The lowest BCUT2D eigenvalue weighted by Gasteiger charge is -2.32. The molecular formula is C40H48N4O3. The number of likely N-dealkylation sites (tertiary alicyclic amines) is 1. The summed E-state index contributed by atoms with van der Waals surface area (Å²) in [5.74, 6) is -0.796. The fourth-order valence-corrected chi connectivity index (χ4v) is 6.92. The molecule has 1 aliphatic heterocycles. The molecule has 0 spiro atoms. The molecule has 2 amide bonds. The van der Waals surface area contributed by atoms with Crippen LogP contribution in [0.5, 0.6) is 0 Å². The van der Waals surface area contributed by atoms with Crippen LogP contribution in [0.15, 0.2) is 97.1 Å². The highest BCUT2D eigenvalue weighted by molar-refractivity contribution is 5.99. The lowest BCUT2D eigenvalue weighted by Crippen LogP contribution is -2.47. The van der Waals surface area contributed by atoms with Gasteiger partial charge in [-0.05, 0) is 86.4 Å². The predicted molar refractivity (Wildman–Crippen MR) is 189 cm³/mol. The van der Waals surface area contributed by atoms with Gasteiger partial charge < -0.3 is 20.0 Å². The SMILES string of the molecule is CNCc1cccc(C(=O)N(C)[C@H](Cc2ccc3ccccc3c2)C(=O)C[C@@H](Cc2ccccc2)C(=O)N2CCC[C@H]2CN(C)C)c1. The number of carbonyl (C=O) groups excluding carboxylic acids is 3. The van der Waals surface area contributed by atoms with Crippen molar-refractivity contribution in [1.29, 1.82) is 0 Å². The van der Waals surface area contributed by atoms with Gasteiger partial charge in [0, 0.05) is 50.6 Å². The van der Waals surface area contributed by atoms with Crippen LogP contribution in [0.1, 0.15) is 46.3 Å². The number of carbonyl (C=O) groups is 3. The molecule has 4 aromatic carbocycles. The Balaban J connectivity index is 1.46. The Morgan fingerprint density at radius 2 is 1.53 bits per heavy atom.